The number of rotatable bonds is 2. The van der Waals surface area contributed by atoms with Crippen LogP contribution in [0.15, 0.2) is 18.3 Å². The molecule has 3 N–H and O–H groups in total. The fourth-order valence-corrected chi connectivity index (χ4v) is 2.10. The largest absolute Gasteiger partial charge is 0.393 e. The molecular formula is C12H19N3O. The van der Waals surface area contributed by atoms with Crippen molar-refractivity contribution in [2.24, 2.45) is 11.7 Å². The lowest BCUT2D eigenvalue weighted by Gasteiger charge is -2.35. The van der Waals surface area contributed by atoms with Crippen LogP contribution in [0.25, 0.3) is 0 Å². The van der Waals surface area contributed by atoms with Gasteiger partial charge in [0.05, 0.1) is 6.10 Å². The number of pyridine rings is 1. The Morgan fingerprint density at radius 1 is 1.62 bits per heavy atom. The molecule has 1 aliphatic heterocycles. The maximum Gasteiger partial charge on any atom is 0.128 e. The molecule has 0 saturated carbocycles. The van der Waals surface area contributed by atoms with Gasteiger partial charge in [0.2, 0.25) is 0 Å². The van der Waals surface area contributed by atoms with Gasteiger partial charge in [0.1, 0.15) is 5.82 Å². The molecule has 2 heterocycles. The van der Waals surface area contributed by atoms with Gasteiger partial charge in [0.15, 0.2) is 0 Å². The van der Waals surface area contributed by atoms with Crippen LogP contribution >= 0.6 is 0 Å². The highest BCUT2D eigenvalue weighted by atomic mass is 16.3. The van der Waals surface area contributed by atoms with Crippen LogP contribution in [0, 0.1) is 5.92 Å². The SMILES string of the molecule is CC1CN(c2cc(CN)ccn2)CCC1O. The molecule has 4 nitrogen and oxygen atoms in total. The Morgan fingerprint density at radius 3 is 3.12 bits per heavy atom. The van der Waals surface area contributed by atoms with E-state index in [9.17, 15) is 5.11 Å². The molecule has 16 heavy (non-hydrogen) atoms. The summed E-state index contributed by atoms with van der Waals surface area (Å²) in [7, 11) is 0. The Labute approximate surface area is 96.1 Å². The Morgan fingerprint density at radius 2 is 2.44 bits per heavy atom. The highest BCUT2D eigenvalue weighted by Crippen LogP contribution is 2.22. The summed E-state index contributed by atoms with van der Waals surface area (Å²) in [5.41, 5.74) is 6.71. The summed E-state index contributed by atoms with van der Waals surface area (Å²) in [6.45, 7) is 4.35. The monoisotopic (exact) mass is 221 g/mol. The van der Waals surface area contributed by atoms with Crippen LogP contribution in [0.3, 0.4) is 0 Å². The second-order valence-corrected chi connectivity index (χ2v) is 4.51. The van der Waals surface area contributed by atoms with Gasteiger partial charge in [-0.15, -0.1) is 0 Å². The van der Waals surface area contributed by atoms with Crippen molar-refractivity contribution in [3.05, 3.63) is 23.9 Å². The van der Waals surface area contributed by atoms with Gasteiger partial charge in [-0.3, -0.25) is 0 Å². The van der Waals surface area contributed by atoms with Gasteiger partial charge < -0.3 is 15.7 Å². The summed E-state index contributed by atoms with van der Waals surface area (Å²) in [4.78, 5) is 6.58. The van der Waals surface area contributed by atoms with E-state index in [0.29, 0.717) is 12.5 Å². The Hall–Kier alpha value is -1.13. The second kappa shape index (κ2) is 4.80. The maximum atomic E-state index is 9.68. The van der Waals surface area contributed by atoms with Gasteiger partial charge in [0.25, 0.3) is 0 Å². The van der Waals surface area contributed by atoms with E-state index in [-0.39, 0.29) is 6.10 Å². The minimum atomic E-state index is -0.172. The topological polar surface area (TPSA) is 62.4 Å². The van der Waals surface area contributed by atoms with E-state index in [4.69, 9.17) is 5.73 Å². The fourth-order valence-electron chi connectivity index (χ4n) is 2.10. The van der Waals surface area contributed by atoms with Crippen LogP contribution < -0.4 is 10.6 Å². The molecule has 2 atom stereocenters. The Bertz CT molecular complexity index is 356. The molecule has 1 aromatic heterocycles. The van der Waals surface area contributed by atoms with E-state index in [1.807, 2.05) is 12.1 Å². The summed E-state index contributed by atoms with van der Waals surface area (Å²) in [6, 6.07) is 3.97. The number of aliphatic hydroxyl groups excluding tert-OH is 1. The molecule has 1 aliphatic rings. The van der Waals surface area contributed by atoms with Gasteiger partial charge in [0, 0.05) is 25.8 Å². The Kier molecular flexibility index (Phi) is 3.41. The quantitative estimate of drug-likeness (QED) is 0.773. The minimum absolute atomic E-state index is 0.172. The third kappa shape index (κ3) is 2.33. The van der Waals surface area contributed by atoms with Crippen molar-refractivity contribution in [3.63, 3.8) is 0 Å². The number of aromatic nitrogens is 1. The second-order valence-electron chi connectivity index (χ2n) is 4.51. The van der Waals surface area contributed by atoms with Crippen molar-refractivity contribution in [2.45, 2.75) is 26.0 Å². The van der Waals surface area contributed by atoms with Crippen molar-refractivity contribution in [2.75, 3.05) is 18.0 Å². The molecule has 0 aliphatic carbocycles. The first kappa shape index (κ1) is 11.4. The first-order valence-corrected chi connectivity index (χ1v) is 5.78. The lowest BCUT2D eigenvalue weighted by Crippen LogP contribution is -2.42. The van der Waals surface area contributed by atoms with E-state index in [2.05, 4.69) is 16.8 Å². The number of piperidine rings is 1. The average molecular weight is 221 g/mol. The predicted octanol–water partition coefficient (Wildman–Crippen LogP) is 0.747. The van der Waals surface area contributed by atoms with E-state index < -0.39 is 0 Å². The zero-order valence-corrected chi connectivity index (χ0v) is 9.63. The summed E-state index contributed by atoms with van der Waals surface area (Å²) in [6.07, 6.45) is 2.44. The lowest BCUT2D eigenvalue weighted by atomic mass is 9.97. The number of hydrogen-bond acceptors (Lipinski definition) is 4. The van der Waals surface area contributed by atoms with Crippen molar-refractivity contribution >= 4 is 5.82 Å². The molecule has 0 radical (unpaired) electrons. The molecule has 4 heteroatoms. The number of aliphatic hydroxyl groups is 1. The van der Waals surface area contributed by atoms with E-state index >= 15 is 0 Å². The maximum absolute atomic E-state index is 9.68. The molecule has 2 rings (SSSR count). The molecule has 1 fully saturated rings. The predicted molar refractivity (Wildman–Crippen MR) is 64.1 cm³/mol. The lowest BCUT2D eigenvalue weighted by molar-refractivity contribution is 0.0969. The van der Waals surface area contributed by atoms with E-state index in [1.165, 1.54) is 0 Å². The zero-order valence-electron chi connectivity index (χ0n) is 9.63. The molecule has 2 unspecified atom stereocenters. The van der Waals surface area contributed by atoms with Gasteiger partial charge in [-0.05, 0) is 30.0 Å². The van der Waals surface area contributed by atoms with Crippen molar-refractivity contribution in [3.8, 4) is 0 Å². The first-order valence-electron chi connectivity index (χ1n) is 5.78. The zero-order chi connectivity index (χ0) is 11.5. The van der Waals surface area contributed by atoms with Crippen molar-refractivity contribution in [1.29, 1.82) is 0 Å². The summed E-state index contributed by atoms with van der Waals surface area (Å²) >= 11 is 0. The van der Waals surface area contributed by atoms with E-state index in [0.717, 1.165) is 30.9 Å². The van der Waals surface area contributed by atoms with Gasteiger partial charge in [-0.2, -0.15) is 0 Å². The third-order valence-electron chi connectivity index (χ3n) is 3.23. The smallest absolute Gasteiger partial charge is 0.128 e. The third-order valence-corrected chi connectivity index (χ3v) is 3.23. The molecule has 0 spiro atoms. The Balaban J connectivity index is 2.12. The first-order chi connectivity index (χ1) is 7.70. The standard InChI is InChI=1S/C12H19N3O/c1-9-8-15(5-3-11(9)16)12-6-10(7-13)2-4-14-12/h2,4,6,9,11,16H,3,5,7-8,13H2,1H3. The van der Waals surface area contributed by atoms with Gasteiger partial charge >= 0.3 is 0 Å². The van der Waals surface area contributed by atoms with Crippen LogP contribution in [-0.4, -0.2) is 29.3 Å². The van der Waals surface area contributed by atoms with Crippen LogP contribution in [0.2, 0.25) is 0 Å². The molecule has 0 amide bonds. The molecular weight excluding hydrogens is 202 g/mol. The van der Waals surface area contributed by atoms with Crippen LogP contribution in [0.1, 0.15) is 18.9 Å². The number of anilines is 1. The molecule has 0 bridgehead atoms. The van der Waals surface area contributed by atoms with Crippen LogP contribution in [0.4, 0.5) is 5.82 Å². The van der Waals surface area contributed by atoms with Crippen LogP contribution in [0.5, 0.6) is 0 Å². The minimum Gasteiger partial charge on any atom is -0.393 e. The van der Waals surface area contributed by atoms with Crippen molar-refractivity contribution < 1.29 is 5.11 Å². The number of hydrogen-bond donors (Lipinski definition) is 2. The summed E-state index contributed by atoms with van der Waals surface area (Å²) in [5.74, 6) is 1.28. The van der Waals surface area contributed by atoms with Gasteiger partial charge in [-0.1, -0.05) is 6.92 Å². The summed E-state index contributed by atoms with van der Waals surface area (Å²) in [5, 5.41) is 9.68. The number of nitrogens with zero attached hydrogens (tertiary/aromatic N) is 2. The van der Waals surface area contributed by atoms with Gasteiger partial charge in [-0.25, -0.2) is 4.98 Å². The molecule has 88 valence electrons. The molecule has 0 aromatic carbocycles. The summed E-state index contributed by atoms with van der Waals surface area (Å²) < 4.78 is 0. The highest BCUT2D eigenvalue weighted by Gasteiger charge is 2.24. The molecule has 1 aromatic rings. The van der Waals surface area contributed by atoms with Crippen LogP contribution in [-0.2, 0) is 6.54 Å². The van der Waals surface area contributed by atoms with Crippen molar-refractivity contribution in [1.82, 2.24) is 4.98 Å². The average Bonchev–Trinajstić information content (AvgIpc) is 2.33. The number of nitrogens with two attached hydrogens (primary N) is 1. The van der Waals surface area contributed by atoms with E-state index in [1.54, 1.807) is 6.20 Å². The fraction of sp³-hybridized carbons (Fsp3) is 0.583. The normalized spacial score (nSPS) is 25.8. The highest BCUT2D eigenvalue weighted by molar-refractivity contribution is 5.41. The molecule has 1 saturated heterocycles.